The first-order chi connectivity index (χ1) is 12.4. The minimum atomic E-state index is 0. The molecule has 0 aliphatic heterocycles. The van der Waals surface area contributed by atoms with Crippen molar-refractivity contribution in [2.24, 2.45) is 0 Å². The molecule has 1 aromatic carbocycles. The van der Waals surface area contributed by atoms with Gasteiger partial charge < -0.3 is 0 Å². The Morgan fingerprint density at radius 1 is 0.577 bits per heavy atom. The van der Waals surface area contributed by atoms with E-state index in [9.17, 15) is 0 Å². The Hall–Kier alpha value is 0.0684. The minimum Gasteiger partial charge on any atom is -0.147 e. The first-order valence-electron chi connectivity index (χ1n) is 11.2. The van der Waals surface area contributed by atoms with Crippen molar-refractivity contribution in [3.05, 3.63) is 35.9 Å². The Balaban J connectivity index is 0.00000625. The van der Waals surface area contributed by atoms with Crippen LogP contribution < -0.4 is 0 Å². The summed E-state index contributed by atoms with van der Waals surface area (Å²) in [6.45, 7) is 2.30. The predicted molar refractivity (Wildman–Crippen MR) is 124 cm³/mol. The van der Waals surface area contributed by atoms with Gasteiger partial charge in [0.2, 0.25) is 0 Å². The van der Waals surface area contributed by atoms with Gasteiger partial charge in [-0.05, 0) is 0 Å². The van der Waals surface area contributed by atoms with E-state index in [2.05, 4.69) is 37.3 Å². The minimum absolute atomic E-state index is 0. The summed E-state index contributed by atoms with van der Waals surface area (Å²) in [6.07, 6.45) is 21.9. The summed E-state index contributed by atoms with van der Waals surface area (Å²) in [5, 5.41) is 3.05. The van der Waals surface area contributed by atoms with Crippen molar-refractivity contribution in [1.29, 1.82) is 0 Å². The summed E-state index contributed by atoms with van der Waals surface area (Å²) in [4.78, 5) is 0. The molecule has 0 saturated carbocycles. The molecule has 0 heterocycles. The van der Waals surface area contributed by atoms with Crippen LogP contribution in [0.15, 0.2) is 30.3 Å². The molecule has 0 radical (unpaired) electrons. The van der Waals surface area contributed by atoms with Crippen molar-refractivity contribution in [1.82, 2.24) is 0 Å². The van der Waals surface area contributed by atoms with Crippen molar-refractivity contribution in [3.8, 4) is 0 Å². The van der Waals surface area contributed by atoms with Crippen LogP contribution in [0.3, 0.4) is 0 Å². The molecular formula is C24H44AsCl. The van der Waals surface area contributed by atoms with Crippen molar-refractivity contribution in [2.45, 2.75) is 114 Å². The number of benzene rings is 1. The van der Waals surface area contributed by atoms with Crippen LogP contribution in [0.5, 0.6) is 0 Å². The molecule has 0 spiro atoms. The van der Waals surface area contributed by atoms with Crippen LogP contribution in [0.1, 0.15) is 102 Å². The molecule has 0 aliphatic carbocycles. The van der Waals surface area contributed by atoms with Crippen LogP contribution in [0, 0.1) is 0 Å². The smallest absolute Gasteiger partial charge is 0.147 e. The second-order valence-electron chi connectivity index (χ2n) is 7.58. The molecule has 0 amide bonds. The zero-order chi connectivity index (χ0) is 17.8. The van der Waals surface area contributed by atoms with E-state index in [-0.39, 0.29) is 12.4 Å². The molecule has 0 fully saturated rings. The van der Waals surface area contributed by atoms with E-state index >= 15 is 0 Å². The fourth-order valence-corrected chi connectivity index (χ4v) is 6.00. The van der Waals surface area contributed by atoms with E-state index in [0.717, 1.165) is 0 Å². The predicted octanol–water partition coefficient (Wildman–Crippen LogP) is 8.41. The van der Waals surface area contributed by atoms with Gasteiger partial charge in [0.05, 0.1) is 0 Å². The number of rotatable bonds is 18. The molecule has 152 valence electrons. The van der Waals surface area contributed by atoms with E-state index in [4.69, 9.17) is 0 Å². The van der Waals surface area contributed by atoms with Crippen molar-refractivity contribution in [3.63, 3.8) is 0 Å². The van der Waals surface area contributed by atoms with Crippen LogP contribution in [-0.4, -0.2) is 15.8 Å². The Bertz CT molecular complexity index is 366. The number of hydrogen-bond acceptors (Lipinski definition) is 0. The van der Waals surface area contributed by atoms with Crippen LogP contribution in [0.2, 0.25) is 10.4 Å². The molecule has 0 nitrogen and oxygen atoms in total. The largest absolute Gasteiger partial charge is 0.147 e. The molecule has 1 rings (SSSR count). The van der Waals surface area contributed by atoms with Gasteiger partial charge in [0, 0.05) is 0 Å². The average Bonchev–Trinajstić information content (AvgIpc) is 2.65. The third kappa shape index (κ3) is 17.5. The van der Waals surface area contributed by atoms with E-state index < -0.39 is 0 Å². The van der Waals surface area contributed by atoms with Gasteiger partial charge in [0.15, 0.2) is 0 Å². The standard InChI is InChI=1S/C24H43As.ClH/c1-2-3-4-5-6-7-8-9-10-11-12-13-14-18-22-25-23-21-24-19-16-15-17-20-24;/h15-17,19-20,25H,2-14,18,21-23H2,1H3;1H. The average molecular weight is 443 g/mol. The maximum absolute atomic E-state index is 2.30. The molecular weight excluding hydrogens is 399 g/mol. The molecule has 0 saturated heterocycles. The van der Waals surface area contributed by atoms with Crippen molar-refractivity contribution < 1.29 is 0 Å². The van der Waals surface area contributed by atoms with Gasteiger partial charge >= 0.3 is 139 Å². The molecule has 0 aromatic heterocycles. The van der Waals surface area contributed by atoms with E-state index in [1.165, 1.54) is 107 Å². The third-order valence-corrected chi connectivity index (χ3v) is 7.89. The van der Waals surface area contributed by atoms with Crippen LogP contribution in [0.25, 0.3) is 0 Å². The third-order valence-electron chi connectivity index (χ3n) is 5.14. The first-order valence-corrected chi connectivity index (χ1v) is 14.1. The Morgan fingerprint density at radius 3 is 1.54 bits per heavy atom. The molecule has 1 unspecified atom stereocenters. The second kappa shape index (κ2) is 21.4. The Morgan fingerprint density at radius 2 is 1.04 bits per heavy atom. The fraction of sp³-hybridized carbons (Fsp3) is 0.750. The summed E-state index contributed by atoms with van der Waals surface area (Å²) in [5.41, 5.74) is 1.53. The number of hydrogen-bond donors (Lipinski definition) is 0. The van der Waals surface area contributed by atoms with Gasteiger partial charge in [-0.25, -0.2) is 0 Å². The van der Waals surface area contributed by atoms with Gasteiger partial charge in [-0.1, -0.05) is 26.2 Å². The van der Waals surface area contributed by atoms with E-state index in [0.29, 0.717) is 15.8 Å². The van der Waals surface area contributed by atoms with Crippen molar-refractivity contribution in [2.75, 3.05) is 0 Å². The van der Waals surface area contributed by atoms with Gasteiger partial charge in [-0.2, -0.15) is 0 Å². The monoisotopic (exact) mass is 442 g/mol. The summed E-state index contributed by atoms with van der Waals surface area (Å²) in [6, 6.07) is 11.0. The fourth-order valence-electron chi connectivity index (χ4n) is 3.45. The summed E-state index contributed by atoms with van der Waals surface area (Å²) >= 11 is 0.326. The molecule has 1 aromatic rings. The van der Waals surface area contributed by atoms with Gasteiger partial charge in [0.25, 0.3) is 0 Å². The second-order valence-corrected chi connectivity index (χ2v) is 10.7. The maximum Gasteiger partial charge on any atom is -0.147 e. The van der Waals surface area contributed by atoms with Gasteiger partial charge in [-0.3, -0.25) is 0 Å². The van der Waals surface area contributed by atoms with Crippen LogP contribution >= 0.6 is 12.4 Å². The number of unbranched alkanes of at least 4 members (excludes halogenated alkanes) is 13. The van der Waals surface area contributed by atoms with Crippen molar-refractivity contribution >= 4 is 28.2 Å². The molecule has 0 bridgehead atoms. The molecule has 26 heavy (non-hydrogen) atoms. The quantitative estimate of drug-likeness (QED) is 0.158. The summed E-state index contributed by atoms with van der Waals surface area (Å²) in [5.74, 6) is 0. The molecule has 2 heteroatoms. The SMILES string of the molecule is CCCCCCCCCCCCCCCC[AsH]CCc1ccccc1.Cl. The van der Waals surface area contributed by atoms with E-state index in [1.807, 2.05) is 0 Å². The van der Waals surface area contributed by atoms with Crippen LogP contribution in [-0.2, 0) is 6.42 Å². The summed E-state index contributed by atoms with van der Waals surface area (Å²) < 4.78 is 0. The normalized spacial score (nSPS) is 11.1. The van der Waals surface area contributed by atoms with E-state index in [1.54, 1.807) is 5.21 Å². The van der Waals surface area contributed by atoms with Gasteiger partial charge in [-0.15, -0.1) is 12.4 Å². The van der Waals surface area contributed by atoms with Gasteiger partial charge in [0.1, 0.15) is 0 Å². The molecule has 0 N–H and O–H groups in total. The maximum atomic E-state index is 2.30. The zero-order valence-electron chi connectivity index (χ0n) is 17.3. The molecule has 1 atom stereocenters. The number of aryl methyl sites for hydroxylation is 1. The Kier molecular flexibility index (Phi) is 21.4. The summed E-state index contributed by atoms with van der Waals surface area (Å²) in [7, 11) is 0. The Labute approximate surface area is 177 Å². The van der Waals surface area contributed by atoms with Crippen LogP contribution in [0.4, 0.5) is 0 Å². The number of halogens is 1. The first kappa shape index (κ1) is 26.1. The topological polar surface area (TPSA) is 0 Å². The zero-order valence-corrected chi connectivity index (χ0v) is 20.2. The molecule has 0 aliphatic rings.